The summed E-state index contributed by atoms with van der Waals surface area (Å²) in [5, 5.41) is 2.48. The Kier molecular flexibility index (Phi) is 5.33. The van der Waals surface area contributed by atoms with Crippen molar-refractivity contribution in [3.63, 3.8) is 0 Å². The number of hydrogen-bond acceptors (Lipinski definition) is 3. The van der Waals surface area contributed by atoms with Gasteiger partial charge in [0.25, 0.3) is 5.91 Å². The maximum atomic E-state index is 12.9. The van der Waals surface area contributed by atoms with Crippen molar-refractivity contribution in [2.24, 2.45) is 0 Å². The van der Waals surface area contributed by atoms with Crippen molar-refractivity contribution in [3.8, 4) is 11.5 Å². The monoisotopic (exact) mass is 339 g/mol. The van der Waals surface area contributed by atoms with Crippen LogP contribution >= 0.6 is 0 Å². The summed E-state index contributed by atoms with van der Waals surface area (Å²) in [4.78, 5) is 12.1. The lowest BCUT2D eigenvalue weighted by molar-refractivity contribution is -0.137. The lowest BCUT2D eigenvalue weighted by Crippen LogP contribution is -2.25. The molecule has 2 aromatic rings. The predicted octanol–water partition coefficient (Wildman–Crippen LogP) is 3.65. The lowest BCUT2D eigenvalue weighted by atomic mass is 10.1. The largest absolute Gasteiger partial charge is 0.493 e. The van der Waals surface area contributed by atoms with Crippen LogP contribution in [0.1, 0.15) is 21.5 Å². The van der Waals surface area contributed by atoms with Crippen LogP contribution in [0.5, 0.6) is 11.5 Å². The minimum Gasteiger partial charge on any atom is -0.493 e. The fraction of sp³-hybridized carbons (Fsp3) is 0.235. The first-order valence-electron chi connectivity index (χ1n) is 7.02. The van der Waals surface area contributed by atoms with Gasteiger partial charge < -0.3 is 14.8 Å². The Hall–Kier alpha value is -2.70. The molecule has 7 heteroatoms. The molecule has 0 heterocycles. The molecule has 1 N–H and O–H groups in total. The zero-order valence-corrected chi connectivity index (χ0v) is 13.1. The van der Waals surface area contributed by atoms with Crippen LogP contribution in [0.25, 0.3) is 0 Å². The average Bonchev–Trinajstić information content (AvgIpc) is 2.58. The van der Waals surface area contributed by atoms with Gasteiger partial charge in [0.15, 0.2) is 11.5 Å². The molecule has 0 aliphatic rings. The van der Waals surface area contributed by atoms with E-state index in [0.29, 0.717) is 17.1 Å². The predicted molar refractivity (Wildman–Crippen MR) is 82.2 cm³/mol. The van der Waals surface area contributed by atoms with Gasteiger partial charge in [-0.05, 0) is 29.8 Å². The SMILES string of the molecule is COc1ccc(CNC(=O)c2ccccc2C(F)(F)F)cc1OC. The van der Waals surface area contributed by atoms with Crippen LogP contribution in [-0.4, -0.2) is 20.1 Å². The van der Waals surface area contributed by atoms with Crippen molar-refractivity contribution >= 4 is 5.91 Å². The number of carbonyl (C=O) groups excluding carboxylic acids is 1. The highest BCUT2D eigenvalue weighted by Crippen LogP contribution is 2.32. The number of carbonyl (C=O) groups is 1. The number of hydrogen-bond donors (Lipinski definition) is 1. The summed E-state index contributed by atoms with van der Waals surface area (Å²) in [6.45, 7) is 0.0609. The molecule has 0 saturated heterocycles. The highest BCUT2D eigenvalue weighted by Gasteiger charge is 2.34. The molecule has 1 amide bonds. The number of ether oxygens (including phenoxy) is 2. The molecule has 24 heavy (non-hydrogen) atoms. The van der Waals surface area contributed by atoms with Crippen LogP contribution in [0.4, 0.5) is 13.2 Å². The van der Waals surface area contributed by atoms with E-state index in [9.17, 15) is 18.0 Å². The Labute approximate surface area is 137 Å². The fourth-order valence-electron chi connectivity index (χ4n) is 2.20. The number of amides is 1. The molecular formula is C17H16F3NO3. The van der Waals surface area contributed by atoms with Gasteiger partial charge in [-0.1, -0.05) is 18.2 Å². The van der Waals surface area contributed by atoms with Gasteiger partial charge in [-0.15, -0.1) is 0 Å². The number of nitrogens with one attached hydrogen (secondary N) is 1. The van der Waals surface area contributed by atoms with Crippen molar-refractivity contribution < 1.29 is 27.4 Å². The van der Waals surface area contributed by atoms with E-state index in [2.05, 4.69) is 5.32 Å². The molecule has 0 bridgehead atoms. The Morgan fingerprint density at radius 3 is 2.33 bits per heavy atom. The minimum atomic E-state index is -4.59. The van der Waals surface area contributed by atoms with Gasteiger partial charge in [0.2, 0.25) is 0 Å². The molecule has 0 aromatic heterocycles. The summed E-state index contributed by atoms with van der Waals surface area (Å²) in [7, 11) is 2.97. The van der Waals surface area contributed by atoms with Gasteiger partial charge in [-0.25, -0.2) is 0 Å². The van der Waals surface area contributed by atoms with Crippen molar-refractivity contribution in [2.45, 2.75) is 12.7 Å². The summed E-state index contributed by atoms with van der Waals surface area (Å²) in [6.07, 6.45) is -4.59. The molecule has 0 spiro atoms. The molecule has 0 aliphatic carbocycles. The maximum Gasteiger partial charge on any atom is 0.417 e. The Balaban J connectivity index is 2.15. The summed E-state index contributed by atoms with van der Waals surface area (Å²) >= 11 is 0. The smallest absolute Gasteiger partial charge is 0.417 e. The summed E-state index contributed by atoms with van der Waals surface area (Å²) in [5.41, 5.74) is -0.703. The first-order valence-corrected chi connectivity index (χ1v) is 7.02. The number of benzene rings is 2. The van der Waals surface area contributed by atoms with Gasteiger partial charge in [0, 0.05) is 6.54 Å². The Morgan fingerprint density at radius 2 is 1.71 bits per heavy atom. The lowest BCUT2D eigenvalue weighted by Gasteiger charge is -2.13. The number of rotatable bonds is 5. The first-order chi connectivity index (χ1) is 11.4. The molecular weight excluding hydrogens is 323 g/mol. The topological polar surface area (TPSA) is 47.6 Å². The number of methoxy groups -OCH3 is 2. The number of alkyl halides is 3. The van der Waals surface area contributed by atoms with Gasteiger partial charge in [-0.3, -0.25) is 4.79 Å². The van der Waals surface area contributed by atoms with Crippen LogP contribution in [-0.2, 0) is 12.7 Å². The van der Waals surface area contributed by atoms with Crippen molar-refractivity contribution in [3.05, 3.63) is 59.2 Å². The molecule has 2 aromatic carbocycles. The van der Waals surface area contributed by atoms with Crippen molar-refractivity contribution in [1.29, 1.82) is 0 Å². The zero-order valence-electron chi connectivity index (χ0n) is 13.1. The zero-order chi connectivity index (χ0) is 17.7. The van der Waals surface area contributed by atoms with Crippen LogP contribution in [0.2, 0.25) is 0 Å². The van der Waals surface area contributed by atoms with Crippen LogP contribution in [0.15, 0.2) is 42.5 Å². The Bertz CT molecular complexity index is 729. The van der Waals surface area contributed by atoms with Crippen molar-refractivity contribution in [2.75, 3.05) is 14.2 Å². The molecule has 0 fully saturated rings. The van der Waals surface area contributed by atoms with Crippen LogP contribution in [0.3, 0.4) is 0 Å². The van der Waals surface area contributed by atoms with Gasteiger partial charge in [-0.2, -0.15) is 13.2 Å². The second kappa shape index (κ2) is 7.25. The normalized spacial score (nSPS) is 11.0. The van der Waals surface area contributed by atoms with Crippen LogP contribution < -0.4 is 14.8 Å². The third-order valence-electron chi connectivity index (χ3n) is 3.38. The van der Waals surface area contributed by atoms with E-state index in [-0.39, 0.29) is 6.54 Å². The fourth-order valence-corrected chi connectivity index (χ4v) is 2.20. The number of halogens is 3. The third kappa shape index (κ3) is 3.98. The van der Waals surface area contributed by atoms with Crippen molar-refractivity contribution in [1.82, 2.24) is 5.32 Å². The molecule has 4 nitrogen and oxygen atoms in total. The second-order valence-corrected chi connectivity index (χ2v) is 4.92. The summed E-state index contributed by atoms with van der Waals surface area (Å²) in [6, 6.07) is 9.66. The molecule has 128 valence electrons. The quantitative estimate of drug-likeness (QED) is 0.904. The van der Waals surface area contributed by atoms with Crippen LogP contribution in [0, 0.1) is 0 Å². The summed E-state index contributed by atoms with van der Waals surface area (Å²) < 4.78 is 49.1. The van der Waals surface area contributed by atoms with E-state index in [1.165, 1.54) is 26.4 Å². The Morgan fingerprint density at radius 1 is 1.04 bits per heavy atom. The van der Waals surface area contributed by atoms with E-state index in [1.54, 1.807) is 18.2 Å². The highest BCUT2D eigenvalue weighted by molar-refractivity contribution is 5.95. The van der Waals surface area contributed by atoms with E-state index < -0.39 is 23.2 Å². The van der Waals surface area contributed by atoms with E-state index in [4.69, 9.17) is 9.47 Å². The average molecular weight is 339 g/mol. The van der Waals surface area contributed by atoms with Gasteiger partial charge in [0.05, 0.1) is 25.3 Å². The molecule has 0 radical (unpaired) electrons. The first kappa shape index (κ1) is 17.7. The third-order valence-corrected chi connectivity index (χ3v) is 3.38. The minimum absolute atomic E-state index is 0.0609. The molecule has 0 aliphatic heterocycles. The van der Waals surface area contributed by atoms with Gasteiger partial charge >= 0.3 is 6.18 Å². The van der Waals surface area contributed by atoms with E-state index in [0.717, 1.165) is 12.1 Å². The summed E-state index contributed by atoms with van der Waals surface area (Å²) in [5.74, 6) is 0.202. The molecule has 2 rings (SSSR count). The standard InChI is InChI=1S/C17H16F3NO3/c1-23-14-8-7-11(9-15(14)24-2)10-21-16(22)12-5-3-4-6-13(12)17(18,19)20/h3-9H,10H2,1-2H3,(H,21,22). The molecule has 0 saturated carbocycles. The maximum absolute atomic E-state index is 12.9. The highest BCUT2D eigenvalue weighted by atomic mass is 19.4. The second-order valence-electron chi connectivity index (χ2n) is 4.92. The van der Waals surface area contributed by atoms with Gasteiger partial charge in [0.1, 0.15) is 0 Å². The molecule has 0 atom stereocenters. The van der Waals surface area contributed by atoms with E-state index >= 15 is 0 Å². The molecule has 0 unspecified atom stereocenters. The van der Waals surface area contributed by atoms with E-state index in [1.807, 2.05) is 0 Å².